The van der Waals surface area contributed by atoms with Gasteiger partial charge in [0.15, 0.2) is 0 Å². The summed E-state index contributed by atoms with van der Waals surface area (Å²) >= 11 is 6.12. The monoisotopic (exact) mass is 517 g/mol. The Labute approximate surface area is 215 Å². The van der Waals surface area contributed by atoms with E-state index >= 15 is 0 Å². The van der Waals surface area contributed by atoms with Crippen molar-refractivity contribution in [2.45, 2.75) is 45.6 Å². The predicted octanol–water partition coefficient (Wildman–Crippen LogP) is 3.79. The first-order chi connectivity index (χ1) is 17.4. The normalized spacial score (nSPS) is 17.1. The molecule has 0 aliphatic heterocycles. The molecule has 0 atom stereocenters. The van der Waals surface area contributed by atoms with Crippen LogP contribution in [0.2, 0.25) is 5.02 Å². The summed E-state index contributed by atoms with van der Waals surface area (Å²) in [5, 5.41) is 5.85. The quantitative estimate of drug-likeness (QED) is 0.344. The molecule has 9 nitrogen and oxygen atoms in total. The van der Waals surface area contributed by atoms with Crippen molar-refractivity contribution in [3.05, 3.63) is 52.7 Å². The second-order valence-corrected chi connectivity index (χ2v) is 8.73. The van der Waals surface area contributed by atoms with Crippen molar-refractivity contribution < 1.29 is 28.6 Å². The molecular formula is C26H32ClN3O6. The maximum Gasteiger partial charge on any atom is 0.308 e. The molecule has 0 spiro atoms. The van der Waals surface area contributed by atoms with Gasteiger partial charge in [0, 0.05) is 30.9 Å². The molecule has 1 fully saturated rings. The molecule has 10 heteroatoms. The average molecular weight is 518 g/mol. The molecule has 1 aromatic carbocycles. The molecule has 0 bridgehead atoms. The molecule has 0 unspecified atom stereocenters. The number of pyridine rings is 1. The van der Waals surface area contributed by atoms with Crippen molar-refractivity contribution in [2.75, 3.05) is 26.3 Å². The fraction of sp³-hybridized carbons (Fsp3) is 0.462. The number of esters is 1. The van der Waals surface area contributed by atoms with Gasteiger partial charge in [0.1, 0.15) is 11.9 Å². The van der Waals surface area contributed by atoms with E-state index in [1.54, 1.807) is 30.3 Å². The van der Waals surface area contributed by atoms with E-state index in [9.17, 15) is 14.4 Å². The Kier molecular flexibility index (Phi) is 10.4. The molecule has 0 radical (unpaired) electrons. The van der Waals surface area contributed by atoms with Gasteiger partial charge in [0.2, 0.25) is 5.88 Å². The number of ether oxygens (including phenoxy) is 3. The molecule has 36 heavy (non-hydrogen) atoms. The molecule has 1 heterocycles. The average Bonchev–Trinajstić information content (AvgIpc) is 2.88. The number of nitrogens with one attached hydrogen (secondary N) is 2. The number of rotatable bonds is 11. The third-order valence-corrected chi connectivity index (χ3v) is 6.07. The van der Waals surface area contributed by atoms with Crippen LogP contribution in [-0.4, -0.2) is 55.2 Å². The van der Waals surface area contributed by atoms with Crippen molar-refractivity contribution >= 4 is 29.4 Å². The van der Waals surface area contributed by atoms with Gasteiger partial charge in [-0.05, 0) is 63.8 Å². The van der Waals surface area contributed by atoms with E-state index in [0.29, 0.717) is 41.0 Å². The summed E-state index contributed by atoms with van der Waals surface area (Å²) in [5.74, 6) is 0.162. The fourth-order valence-electron chi connectivity index (χ4n) is 3.90. The Bertz CT molecular complexity index is 1040. The number of carbonyl (C=O) groups is 3. The van der Waals surface area contributed by atoms with Crippen molar-refractivity contribution in [3.8, 4) is 11.6 Å². The summed E-state index contributed by atoms with van der Waals surface area (Å²) in [6.07, 6.45) is 4.40. The van der Waals surface area contributed by atoms with Crippen molar-refractivity contribution in [3.63, 3.8) is 0 Å². The van der Waals surface area contributed by atoms with Crippen LogP contribution in [0.5, 0.6) is 11.6 Å². The van der Waals surface area contributed by atoms with Crippen molar-refractivity contribution in [1.29, 1.82) is 0 Å². The van der Waals surface area contributed by atoms with Gasteiger partial charge in [-0.2, -0.15) is 0 Å². The van der Waals surface area contributed by atoms with Gasteiger partial charge in [-0.3, -0.25) is 14.4 Å². The minimum atomic E-state index is -0.303. The maximum absolute atomic E-state index is 12.4. The second-order valence-electron chi connectivity index (χ2n) is 8.32. The summed E-state index contributed by atoms with van der Waals surface area (Å²) in [4.78, 5) is 40.8. The minimum Gasteiger partial charge on any atom is -0.492 e. The number of hydrogen-bond donors (Lipinski definition) is 2. The largest absolute Gasteiger partial charge is 0.492 e. The molecule has 3 rings (SSSR count). The zero-order valence-electron chi connectivity index (χ0n) is 20.6. The van der Waals surface area contributed by atoms with Crippen LogP contribution >= 0.6 is 11.6 Å². The summed E-state index contributed by atoms with van der Waals surface area (Å²) in [7, 11) is 0. The standard InChI is InChI=1S/C26H32ClN3O6/c1-3-34-22-11-7-18(15-21(22)27)24(31)28-13-14-29-25(32)19-8-12-23(30-16-19)36-20-9-5-17(6-10-20)26(33)35-4-2/h7-8,11-12,15-17,20H,3-6,9-10,13-14H2,1-2H3,(H,28,31)(H,29,32). The zero-order valence-corrected chi connectivity index (χ0v) is 21.3. The predicted molar refractivity (Wildman–Crippen MR) is 135 cm³/mol. The summed E-state index contributed by atoms with van der Waals surface area (Å²) in [6, 6.07) is 8.12. The van der Waals surface area contributed by atoms with Gasteiger partial charge < -0.3 is 24.8 Å². The summed E-state index contributed by atoms with van der Waals surface area (Å²) in [5.41, 5.74) is 0.793. The highest BCUT2D eigenvalue weighted by atomic mass is 35.5. The number of nitrogens with zero attached hydrogens (tertiary/aromatic N) is 1. The van der Waals surface area contributed by atoms with E-state index in [4.69, 9.17) is 25.8 Å². The van der Waals surface area contributed by atoms with E-state index in [2.05, 4.69) is 15.6 Å². The number of benzene rings is 1. The fourth-order valence-corrected chi connectivity index (χ4v) is 4.14. The highest BCUT2D eigenvalue weighted by Gasteiger charge is 2.28. The minimum absolute atomic E-state index is 0.0169. The number of amides is 2. The number of halogens is 1. The lowest BCUT2D eigenvalue weighted by atomic mass is 9.87. The summed E-state index contributed by atoms with van der Waals surface area (Å²) in [6.45, 7) is 5.03. The first-order valence-corrected chi connectivity index (χ1v) is 12.6. The van der Waals surface area contributed by atoms with Crippen LogP contribution in [0, 0.1) is 5.92 Å². The molecular weight excluding hydrogens is 486 g/mol. The van der Waals surface area contributed by atoms with Crippen LogP contribution in [0.15, 0.2) is 36.5 Å². The van der Waals surface area contributed by atoms with Gasteiger partial charge in [0.25, 0.3) is 11.8 Å². The number of carbonyl (C=O) groups excluding carboxylic acids is 3. The van der Waals surface area contributed by atoms with Crippen LogP contribution < -0.4 is 20.1 Å². The first-order valence-electron chi connectivity index (χ1n) is 12.2. The Morgan fingerprint density at radius 2 is 1.61 bits per heavy atom. The second kappa shape index (κ2) is 13.7. The Morgan fingerprint density at radius 1 is 0.944 bits per heavy atom. The molecule has 2 aromatic rings. The SMILES string of the molecule is CCOC(=O)C1CCC(Oc2ccc(C(=O)NCCNC(=O)c3ccc(OCC)c(Cl)c3)cn2)CC1. The lowest BCUT2D eigenvalue weighted by Gasteiger charge is -2.27. The van der Waals surface area contributed by atoms with E-state index in [-0.39, 0.29) is 42.9 Å². The van der Waals surface area contributed by atoms with Crippen molar-refractivity contribution in [1.82, 2.24) is 15.6 Å². The molecule has 1 saturated carbocycles. The molecule has 1 aliphatic carbocycles. The smallest absolute Gasteiger partial charge is 0.308 e. The summed E-state index contributed by atoms with van der Waals surface area (Å²) < 4.78 is 16.4. The highest BCUT2D eigenvalue weighted by molar-refractivity contribution is 6.32. The van der Waals surface area contributed by atoms with Gasteiger partial charge >= 0.3 is 5.97 Å². The third kappa shape index (κ3) is 7.84. The van der Waals surface area contributed by atoms with E-state index < -0.39 is 0 Å². The van der Waals surface area contributed by atoms with Crippen LogP contribution in [0.3, 0.4) is 0 Å². The van der Waals surface area contributed by atoms with Crippen LogP contribution in [-0.2, 0) is 9.53 Å². The van der Waals surface area contributed by atoms with E-state index in [1.807, 2.05) is 13.8 Å². The van der Waals surface area contributed by atoms with Gasteiger partial charge in [-0.1, -0.05) is 11.6 Å². The topological polar surface area (TPSA) is 116 Å². The third-order valence-electron chi connectivity index (χ3n) is 5.77. The maximum atomic E-state index is 12.4. The van der Waals surface area contributed by atoms with E-state index in [1.165, 1.54) is 6.20 Å². The van der Waals surface area contributed by atoms with Crippen LogP contribution in [0.25, 0.3) is 0 Å². The number of aromatic nitrogens is 1. The lowest BCUT2D eigenvalue weighted by molar-refractivity contribution is -0.149. The van der Waals surface area contributed by atoms with Gasteiger partial charge in [0.05, 0.1) is 29.7 Å². The Hall–Kier alpha value is -3.33. The zero-order chi connectivity index (χ0) is 25.9. The molecule has 194 valence electrons. The van der Waals surface area contributed by atoms with Crippen LogP contribution in [0.4, 0.5) is 0 Å². The van der Waals surface area contributed by atoms with Crippen molar-refractivity contribution in [2.24, 2.45) is 5.92 Å². The van der Waals surface area contributed by atoms with Gasteiger partial charge in [-0.25, -0.2) is 4.98 Å². The highest BCUT2D eigenvalue weighted by Crippen LogP contribution is 2.28. The van der Waals surface area contributed by atoms with Gasteiger partial charge in [-0.15, -0.1) is 0 Å². The number of hydrogen-bond acceptors (Lipinski definition) is 7. The Morgan fingerprint density at radius 3 is 2.19 bits per heavy atom. The Balaban J connectivity index is 1.38. The molecule has 2 N–H and O–H groups in total. The van der Waals surface area contributed by atoms with Crippen LogP contribution in [0.1, 0.15) is 60.2 Å². The molecule has 1 aliphatic rings. The lowest BCUT2D eigenvalue weighted by Crippen LogP contribution is -2.34. The molecule has 0 saturated heterocycles. The molecule has 2 amide bonds. The van der Waals surface area contributed by atoms with E-state index in [0.717, 1.165) is 25.7 Å². The first kappa shape index (κ1) is 27.3. The molecule has 1 aromatic heterocycles.